The van der Waals surface area contributed by atoms with Crippen LogP contribution in [0.1, 0.15) is 33.1 Å². The smallest absolute Gasteiger partial charge is 0.488 e. The maximum atomic E-state index is 9.14. The van der Waals surface area contributed by atoms with Gasteiger partial charge >= 0.3 is 7.12 Å². The van der Waals surface area contributed by atoms with Crippen molar-refractivity contribution >= 4 is 12.6 Å². The van der Waals surface area contributed by atoms with Gasteiger partial charge in [-0.15, -0.1) is 0 Å². The molecule has 110 valence electrons. The second-order valence-electron chi connectivity index (χ2n) is 5.52. The van der Waals surface area contributed by atoms with Crippen molar-refractivity contribution in [3.63, 3.8) is 0 Å². The van der Waals surface area contributed by atoms with Crippen LogP contribution in [0.25, 0.3) is 0 Å². The number of likely N-dealkylation sites (tertiary alicyclic amines) is 1. The molecule has 1 heterocycles. The lowest BCUT2D eigenvalue weighted by molar-refractivity contribution is 0.159. The van der Waals surface area contributed by atoms with Crippen LogP contribution in [-0.4, -0.2) is 47.3 Å². The number of hydrogen-bond donors (Lipinski definition) is 2. The first-order chi connectivity index (χ1) is 9.61. The molecule has 2 rings (SSSR count). The molecule has 0 amide bonds. The zero-order chi connectivity index (χ0) is 14.5. The van der Waals surface area contributed by atoms with E-state index in [9.17, 15) is 0 Å². The third-order valence-corrected chi connectivity index (χ3v) is 4.20. The van der Waals surface area contributed by atoms with E-state index in [2.05, 4.69) is 18.7 Å². The Morgan fingerprint density at radius 2 is 2.15 bits per heavy atom. The van der Waals surface area contributed by atoms with Gasteiger partial charge in [-0.1, -0.05) is 19.1 Å². The molecule has 1 aromatic rings. The Labute approximate surface area is 121 Å². The van der Waals surface area contributed by atoms with Crippen molar-refractivity contribution in [2.75, 3.05) is 13.2 Å². The summed E-state index contributed by atoms with van der Waals surface area (Å²) in [4.78, 5) is 2.52. The first-order valence-electron chi connectivity index (χ1n) is 7.46. The molecule has 2 unspecified atom stereocenters. The Balaban J connectivity index is 1.85. The Morgan fingerprint density at radius 3 is 2.85 bits per heavy atom. The summed E-state index contributed by atoms with van der Waals surface area (Å²) in [6, 6.07) is 8.28. The van der Waals surface area contributed by atoms with Crippen molar-refractivity contribution in [2.45, 2.75) is 45.2 Å². The van der Waals surface area contributed by atoms with Crippen LogP contribution >= 0.6 is 0 Å². The maximum Gasteiger partial charge on any atom is 0.488 e. The fourth-order valence-electron chi connectivity index (χ4n) is 3.00. The maximum absolute atomic E-state index is 9.14. The zero-order valence-electron chi connectivity index (χ0n) is 12.3. The predicted octanol–water partition coefficient (Wildman–Crippen LogP) is 1.01. The summed E-state index contributed by atoms with van der Waals surface area (Å²) < 4.78 is 5.74. The lowest BCUT2D eigenvalue weighted by Crippen LogP contribution is -2.37. The van der Waals surface area contributed by atoms with Gasteiger partial charge in [-0.25, -0.2) is 0 Å². The molecular weight excluding hydrogens is 253 g/mol. The Kier molecular flexibility index (Phi) is 5.46. The fourth-order valence-corrected chi connectivity index (χ4v) is 3.00. The third kappa shape index (κ3) is 3.75. The minimum atomic E-state index is -1.44. The lowest BCUT2D eigenvalue weighted by atomic mass is 9.80. The van der Waals surface area contributed by atoms with Crippen molar-refractivity contribution in [1.29, 1.82) is 0 Å². The highest BCUT2D eigenvalue weighted by Gasteiger charge is 2.28. The Bertz CT molecular complexity index is 427. The zero-order valence-corrected chi connectivity index (χ0v) is 12.3. The van der Waals surface area contributed by atoms with Crippen LogP contribution in [0, 0.1) is 0 Å². The summed E-state index contributed by atoms with van der Waals surface area (Å²) in [5, 5.41) is 18.3. The van der Waals surface area contributed by atoms with Crippen molar-refractivity contribution in [3.8, 4) is 5.75 Å². The molecule has 20 heavy (non-hydrogen) atoms. The van der Waals surface area contributed by atoms with Crippen molar-refractivity contribution in [3.05, 3.63) is 24.3 Å². The van der Waals surface area contributed by atoms with E-state index in [0.29, 0.717) is 29.9 Å². The summed E-state index contributed by atoms with van der Waals surface area (Å²) in [7, 11) is -1.44. The number of benzene rings is 1. The molecule has 0 aliphatic carbocycles. The van der Waals surface area contributed by atoms with Gasteiger partial charge in [0.1, 0.15) is 12.4 Å². The second-order valence-corrected chi connectivity index (χ2v) is 5.52. The van der Waals surface area contributed by atoms with Gasteiger partial charge in [0.15, 0.2) is 0 Å². The quantitative estimate of drug-likeness (QED) is 0.762. The molecule has 5 heteroatoms. The monoisotopic (exact) mass is 277 g/mol. The topological polar surface area (TPSA) is 52.9 Å². The largest absolute Gasteiger partial charge is 0.492 e. The number of ether oxygens (including phenoxy) is 1. The van der Waals surface area contributed by atoms with Crippen LogP contribution in [0.2, 0.25) is 0 Å². The van der Waals surface area contributed by atoms with Gasteiger partial charge < -0.3 is 14.8 Å². The van der Waals surface area contributed by atoms with Gasteiger partial charge in [-0.05, 0) is 43.8 Å². The molecule has 1 aliphatic rings. The molecule has 1 aromatic carbocycles. The highest BCUT2D eigenvalue weighted by atomic mass is 16.5. The van der Waals surface area contributed by atoms with Gasteiger partial charge in [-0.2, -0.15) is 0 Å². The van der Waals surface area contributed by atoms with Gasteiger partial charge in [0, 0.05) is 18.6 Å². The van der Waals surface area contributed by atoms with E-state index in [1.54, 1.807) is 18.2 Å². The normalized spacial score (nSPS) is 23.0. The molecular formula is C15H24BNO3. The van der Waals surface area contributed by atoms with Crippen LogP contribution in [0.15, 0.2) is 24.3 Å². The molecule has 0 bridgehead atoms. The molecule has 0 spiro atoms. The van der Waals surface area contributed by atoms with E-state index in [4.69, 9.17) is 14.8 Å². The van der Waals surface area contributed by atoms with E-state index in [1.807, 2.05) is 6.07 Å². The van der Waals surface area contributed by atoms with Crippen LogP contribution in [0.5, 0.6) is 5.75 Å². The van der Waals surface area contributed by atoms with Crippen LogP contribution in [0.3, 0.4) is 0 Å². The van der Waals surface area contributed by atoms with Crippen molar-refractivity contribution in [2.24, 2.45) is 0 Å². The lowest BCUT2D eigenvalue weighted by Gasteiger charge is -2.27. The fraction of sp³-hybridized carbons (Fsp3) is 0.600. The van der Waals surface area contributed by atoms with E-state index < -0.39 is 7.12 Å². The van der Waals surface area contributed by atoms with E-state index in [1.165, 1.54) is 19.3 Å². The van der Waals surface area contributed by atoms with Crippen LogP contribution < -0.4 is 10.2 Å². The summed E-state index contributed by atoms with van der Waals surface area (Å²) in [5.74, 6) is 0.690. The average molecular weight is 277 g/mol. The summed E-state index contributed by atoms with van der Waals surface area (Å²) in [5.41, 5.74) is 0.462. The van der Waals surface area contributed by atoms with E-state index in [0.717, 1.165) is 6.54 Å². The molecule has 1 saturated heterocycles. The number of nitrogens with zero attached hydrogens (tertiary/aromatic N) is 1. The Morgan fingerprint density at radius 1 is 1.35 bits per heavy atom. The van der Waals surface area contributed by atoms with Crippen molar-refractivity contribution in [1.82, 2.24) is 4.90 Å². The molecule has 2 N–H and O–H groups in total. The van der Waals surface area contributed by atoms with Gasteiger partial charge in [-0.3, -0.25) is 4.90 Å². The molecule has 0 aromatic heterocycles. The highest BCUT2D eigenvalue weighted by Crippen LogP contribution is 2.25. The minimum Gasteiger partial charge on any atom is -0.492 e. The van der Waals surface area contributed by atoms with E-state index in [-0.39, 0.29) is 0 Å². The summed E-state index contributed by atoms with van der Waals surface area (Å²) in [6.45, 7) is 6.07. The Hall–Kier alpha value is -1.04. The molecule has 0 radical (unpaired) electrons. The third-order valence-electron chi connectivity index (χ3n) is 4.20. The summed E-state index contributed by atoms with van der Waals surface area (Å²) in [6.07, 6.45) is 3.74. The van der Waals surface area contributed by atoms with E-state index >= 15 is 0 Å². The first kappa shape index (κ1) is 15.4. The summed E-state index contributed by atoms with van der Waals surface area (Å²) >= 11 is 0. The van der Waals surface area contributed by atoms with Gasteiger partial charge in [0.25, 0.3) is 0 Å². The number of rotatable bonds is 6. The molecule has 4 nitrogen and oxygen atoms in total. The number of hydrogen-bond acceptors (Lipinski definition) is 4. The molecule has 1 aliphatic heterocycles. The standard InChI is InChI=1S/C15H24BNO3/c1-3-14-8-7-12(2)17(14)9-10-20-15-6-4-5-13(11-15)16(18)19/h4-6,11-12,14,18-19H,3,7-10H2,1-2H3. The second kappa shape index (κ2) is 7.11. The predicted molar refractivity (Wildman–Crippen MR) is 81.2 cm³/mol. The highest BCUT2D eigenvalue weighted by molar-refractivity contribution is 6.58. The SMILES string of the molecule is CCC1CCC(C)N1CCOc1cccc(B(O)O)c1. The molecule has 1 fully saturated rings. The van der Waals surface area contributed by atoms with Gasteiger partial charge in [0.2, 0.25) is 0 Å². The minimum absolute atomic E-state index is 0.462. The van der Waals surface area contributed by atoms with Crippen LogP contribution in [-0.2, 0) is 0 Å². The molecule has 0 saturated carbocycles. The van der Waals surface area contributed by atoms with Crippen molar-refractivity contribution < 1.29 is 14.8 Å². The first-order valence-corrected chi connectivity index (χ1v) is 7.46. The average Bonchev–Trinajstić information content (AvgIpc) is 2.80. The van der Waals surface area contributed by atoms with Crippen LogP contribution in [0.4, 0.5) is 0 Å². The van der Waals surface area contributed by atoms with Gasteiger partial charge in [0.05, 0.1) is 0 Å². The molecule has 2 atom stereocenters.